The summed E-state index contributed by atoms with van der Waals surface area (Å²) in [7, 11) is 3.30. The molecule has 1 atom stereocenters. The number of nitrogens with one attached hydrogen (secondary N) is 1. The van der Waals surface area contributed by atoms with Crippen LogP contribution < -0.4 is 20.7 Å². The molecule has 4 heteroatoms. The lowest BCUT2D eigenvalue weighted by atomic mass is 10.00. The Labute approximate surface area is 121 Å². The second-order valence-electron chi connectivity index (χ2n) is 4.79. The summed E-state index contributed by atoms with van der Waals surface area (Å²) in [5.74, 6) is 7.25. The van der Waals surface area contributed by atoms with Crippen LogP contribution in [0.3, 0.4) is 0 Å². The Morgan fingerprint density at radius 1 is 1.15 bits per heavy atom. The fraction of sp³-hybridized carbons (Fsp3) is 0.500. The summed E-state index contributed by atoms with van der Waals surface area (Å²) in [5.41, 5.74) is 3.97. The molecule has 0 spiro atoms. The normalized spacial score (nSPS) is 11.9. The molecule has 0 heterocycles. The number of allylic oxidation sites excluding steroid dienone is 1. The zero-order valence-corrected chi connectivity index (χ0v) is 12.5. The number of hydrazine groups is 1. The largest absolute Gasteiger partial charge is 0.497 e. The van der Waals surface area contributed by atoms with Crippen molar-refractivity contribution in [3.63, 3.8) is 0 Å². The van der Waals surface area contributed by atoms with Gasteiger partial charge >= 0.3 is 0 Å². The number of hydrogen-bond acceptors (Lipinski definition) is 4. The van der Waals surface area contributed by atoms with Crippen LogP contribution in [0.4, 0.5) is 0 Å². The molecule has 1 aromatic carbocycles. The third kappa shape index (κ3) is 5.23. The Morgan fingerprint density at radius 2 is 1.80 bits per heavy atom. The van der Waals surface area contributed by atoms with E-state index in [9.17, 15) is 0 Å². The van der Waals surface area contributed by atoms with E-state index in [0.717, 1.165) is 36.3 Å². The molecule has 4 nitrogen and oxygen atoms in total. The molecule has 0 fully saturated rings. The highest BCUT2D eigenvalue weighted by molar-refractivity contribution is 5.39. The van der Waals surface area contributed by atoms with E-state index in [1.54, 1.807) is 14.2 Å². The van der Waals surface area contributed by atoms with Crippen molar-refractivity contribution in [3.8, 4) is 11.5 Å². The molecule has 0 aliphatic heterocycles. The number of nitrogens with two attached hydrogens (primary N) is 1. The van der Waals surface area contributed by atoms with Gasteiger partial charge in [-0.15, -0.1) is 6.58 Å². The molecule has 1 unspecified atom stereocenters. The first-order valence-electron chi connectivity index (χ1n) is 7.05. The third-order valence-electron chi connectivity index (χ3n) is 3.38. The van der Waals surface area contributed by atoms with Crippen molar-refractivity contribution in [1.82, 2.24) is 5.43 Å². The molecule has 1 aromatic rings. The maximum absolute atomic E-state index is 5.68. The smallest absolute Gasteiger partial charge is 0.122 e. The lowest BCUT2D eigenvalue weighted by molar-refractivity contribution is 0.390. The highest BCUT2D eigenvalue weighted by Gasteiger charge is 2.12. The minimum absolute atomic E-state index is 0.114. The van der Waals surface area contributed by atoms with Crippen LogP contribution in [0, 0.1) is 0 Å². The van der Waals surface area contributed by atoms with Crippen molar-refractivity contribution >= 4 is 0 Å². The molecule has 112 valence electrons. The monoisotopic (exact) mass is 278 g/mol. The van der Waals surface area contributed by atoms with Crippen molar-refractivity contribution in [2.75, 3.05) is 14.2 Å². The van der Waals surface area contributed by atoms with Gasteiger partial charge in [0, 0.05) is 12.1 Å². The first-order valence-corrected chi connectivity index (χ1v) is 7.05. The van der Waals surface area contributed by atoms with Gasteiger partial charge in [0.1, 0.15) is 11.5 Å². The van der Waals surface area contributed by atoms with E-state index in [2.05, 4.69) is 12.0 Å². The van der Waals surface area contributed by atoms with Gasteiger partial charge in [-0.1, -0.05) is 18.9 Å². The predicted octanol–water partition coefficient (Wildman–Crippen LogP) is 3.34. The second kappa shape index (κ2) is 9.39. The van der Waals surface area contributed by atoms with Crippen LogP contribution in [0.25, 0.3) is 0 Å². The van der Waals surface area contributed by atoms with Crippen molar-refractivity contribution in [2.45, 2.75) is 38.1 Å². The summed E-state index contributed by atoms with van der Waals surface area (Å²) in [4.78, 5) is 0. The van der Waals surface area contributed by atoms with E-state index in [4.69, 9.17) is 15.3 Å². The summed E-state index contributed by atoms with van der Waals surface area (Å²) in [6, 6.07) is 5.97. The number of rotatable bonds is 10. The molecular weight excluding hydrogens is 252 g/mol. The summed E-state index contributed by atoms with van der Waals surface area (Å²) in [6.07, 6.45) is 7.53. The molecule has 0 saturated heterocycles. The lowest BCUT2D eigenvalue weighted by Gasteiger charge is -2.18. The Balaban J connectivity index is 2.65. The van der Waals surface area contributed by atoms with Crippen LogP contribution in [-0.4, -0.2) is 14.2 Å². The van der Waals surface area contributed by atoms with Crippen molar-refractivity contribution < 1.29 is 9.47 Å². The fourth-order valence-corrected chi connectivity index (χ4v) is 2.19. The molecule has 0 radical (unpaired) electrons. The summed E-state index contributed by atoms with van der Waals surface area (Å²) < 4.78 is 10.6. The van der Waals surface area contributed by atoms with Crippen molar-refractivity contribution in [3.05, 3.63) is 36.4 Å². The molecule has 0 amide bonds. The van der Waals surface area contributed by atoms with Crippen LogP contribution in [0.5, 0.6) is 11.5 Å². The van der Waals surface area contributed by atoms with Gasteiger partial charge in [-0.25, -0.2) is 0 Å². The number of unbranched alkanes of at least 4 members (excludes halogenated alkanes) is 3. The molecule has 0 bridgehead atoms. The van der Waals surface area contributed by atoms with Gasteiger partial charge in [0.2, 0.25) is 0 Å². The highest BCUT2D eigenvalue weighted by Crippen LogP contribution is 2.28. The maximum Gasteiger partial charge on any atom is 0.122 e. The average molecular weight is 278 g/mol. The molecule has 3 N–H and O–H groups in total. The summed E-state index contributed by atoms with van der Waals surface area (Å²) in [5, 5.41) is 0. The Bertz CT molecular complexity index is 385. The number of ether oxygens (including phenoxy) is 2. The standard InChI is InChI=1S/C16H26N2O2/c1-4-5-6-7-8-9-16(18-17)13-10-14(19-2)12-15(11-13)20-3/h4,10-12,16,18H,1,5-9,17H2,2-3H3. The van der Waals surface area contributed by atoms with Gasteiger partial charge in [-0.05, 0) is 37.0 Å². The molecule has 0 saturated carbocycles. The van der Waals surface area contributed by atoms with Crippen molar-refractivity contribution in [1.29, 1.82) is 0 Å². The molecule has 0 aliphatic rings. The Morgan fingerprint density at radius 3 is 2.30 bits per heavy atom. The van der Waals surface area contributed by atoms with E-state index in [-0.39, 0.29) is 6.04 Å². The van der Waals surface area contributed by atoms with E-state index >= 15 is 0 Å². The van der Waals surface area contributed by atoms with Crippen molar-refractivity contribution in [2.24, 2.45) is 5.84 Å². The minimum atomic E-state index is 0.114. The first kappa shape index (κ1) is 16.5. The van der Waals surface area contributed by atoms with Crippen LogP contribution in [0.15, 0.2) is 30.9 Å². The average Bonchev–Trinajstić information content (AvgIpc) is 2.50. The van der Waals surface area contributed by atoms with Crippen LogP contribution in [0.2, 0.25) is 0 Å². The predicted molar refractivity (Wildman–Crippen MR) is 82.9 cm³/mol. The zero-order valence-electron chi connectivity index (χ0n) is 12.5. The van der Waals surface area contributed by atoms with Gasteiger partial charge in [0.15, 0.2) is 0 Å². The minimum Gasteiger partial charge on any atom is -0.497 e. The van der Waals surface area contributed by atoms with Gasteiger partial charge in [-0.3, -0.25) is 11.3 Å². The third-order valence-corrected chi connectivity index (χ3v) is 3.38. The number of methoxy groups -OCH3 is 2. The van der Waals surface area contributed by atoms with Gasteiger partial charge in [0.25, 0.3) is 0 Å². The van der Waals surface area contributed by atoms with Gasteiger partial charge < -0.3 is 9.47 Å². The second-order valence-corrected chi connectivity index (χ2v) is 4.79. The SMILES string of the molecule is C=CCCCCCC(NN)c1cc(OC)cc(OC)c1. The maximum atomic E-state index is 5.68. The number of hydrogen-bond donors (Lipinski definition) is 2. The Hall–Kier alpha value is -1.52. The highest BCUT2D eigenvalue weighted by atomic mass is 16.5. The fourth-order valence-electron chi connectivity index (χ4n) is 2.19. The Kier molecular flexibility index (Phi) is 7.77. The van der Waals surface area contributed by atoms with Gasteiger partial charge in [0.05, 0.1) is 14.2 Å². The molecule has 20 heavy (non-hydrogen) atoms. The first-order chi connectivity index (χ1) is 9.74. The summed E-state index contributed by atoms with van der Waals surface area (Å²) >= 11 is 0. The van der Waals surface area contributed by atoms with E-state index in [0.29, 0.717) is 0 Å². The topological polar surface area (TPSA) is 56.5 Å². The van der Waals surface area contributed by atoms with E-state index in [1.165, 1.54) is 12.8 Å². The zero-order chi connectivity index (χ0) is 14.8. The summed E-state index contributed by atoms with van der Waals surface area (Å²) in [6.45, 7) is 3.74. The van der Waals surface area contributed by atoms with Crippen LogP contribution in [0.1, 0.15) is 43.7 Å². The number of benzene rings is 1. The van der Waals surface area contributed by atoms with Crippen LogP contribution >= 0.6 is 0 Å². The quantitative estimate of drug-likeness (QED) is 0.298. The van der Waals surface area contributed by atoms with Gasteiger partial charge in [-0.2, -0.15) is 0 Å². The molecule has 0 aliphatic carbocycles. The lowest BCUT2D eigenvalue weighted by Crippen LogP contribution is -2.28. The molecule has 1 rings (SSSR count). The van der Waals surface area contributed by atoms with E-state index < -0.39 is 0 Å². The van der Waals surface area contributed by atoms with E-state index in [1.807, 2.05) is 24.3 Å². The molecular formula is C16H26N2O2. The molecule has 0 aromatic heterocycles. The van der Waals surface area contributed by atoms with Crippen LogP contribution in [-0.2, 0) is 0 Å².